The van der Waals surface area contributed by atoms with Crippen LogP contribution in [0.1, 0.15) is 10.4 Å². The molecule has 0 spiro atoms. The third-order valence-electron chi connectivity index (χ3n) is 2.91. The first kappa shape index (κ1) is 13.0. The first-order chi connectivity index (χ1) is 8.75. The van der Waals surface area contributed by atoms with Gasteiger partial charge in [-0.15, -0.1) is 0 Å². The molecule has 2 rings (SSSR count). The number of benzene rings is 1. The Morgan fingerprint density at radius 3 is 2.89 bits per heavy atom. The lowest BCUT2D eigenvalue weighted by atomic mass is 10.2. The summed E-state index contributed by atoms with van der Waals surface area (Å²) in [6, 6.07) is 5.54. The zero-order valence-corrected chi connectivity index (χ0v) is 10.2. The fraction of sp³-hybridized carbons (Fsp3) is 0.462. The summed E-state index contributed by atoms with van der Waals surface area (Å²) in [6.45, 7) is 4.95. The standard InChI is InChI=1S/C13H17FN2O2/c14-12-3-1-2-11(10-12)13(17)18-9-8-16-6-4-15-5-7-16/h1-3,10,15H,4-9H2. The Balaban J connectivity index is 1.74. The summed E-state index contributed by atoms with van der Waals surface area (Å²) >= 11 is 0. The van der Waals surface area contributed by atoms with E-state index in [9.17, 15) is 9.18 Å². The minimum Gasteiger partial charge on any atom is -0.461 e. The Kier molecular flexibility index (Phi) is 4.66. The Hall–Kier alpha value is -1.46. The zero-order chi connectivity index (χ0) is 12.8. The van der Waals surface area contributed by atoms with Gasteiger partial charge in [0, 0.05) is 32.7 Å². The van der Waals surface area contributed by atoms with Gasteiger partial charge in [0.05, 0.1) is 5.56 Å². The first-order valence-corrected chi connectivity index (χ1v) is 6.11. The molecule has 5 heteroatoms. The molecule has 18 heavy (non-hydrogen) atoms. The van der Waals surface area contributed by atoms with Crippen LogP contribution in [0, 0.1) is 5.82 Å². The molecular formula is C13H17FN2O2. The predicted molar refractivity (Wildman–Crippen MR) is 66.0 cm³/mol. The summed E-state index contributed by atoms with van der Waals surface area (Å²) in [5, 5.41) is 3.25. The molecule has 0 atom stereocenters. The summed E-state index contributed by atoms with van der Waals surface area (Å²) in [4.78, 5) is 13.9. The van der Waals surface area contributed by atoms with Gasteiger partial charge in [0.2, 0.25) is 0 Å². The van der Waals surface area contributed by atoms with Gasteiger partial charge in [-0.1, -0.05) is 6.07 Å². The number of ether oxygens (including phenoxy) is 1. The second-order valence-electron chi connectivity index (χ2n) is 4.24. The van der Waals surface area contributed by atoms with Crippen molar-refractivity contribution in [3.8, 4) is 0 Å². The maximum absolute atomic E-state index is 12.9. The molecular weight excluding hydrogens is 235 g/mol. The predicted octanol–water partition coefficient (Wildman–Crippen LogP) is 0.888. The van der Waals surface area contributed by atoms with E-state index in [0.29, 0.717) is 6.61 Å². The van der Waals surface area contributed by atoms with E-state index < -0.39 is 11.8 Å². The van der Waals surface area contributed by atoms with Crippen molar-refractivity contribution >= 4 is 5.97 Å². The van der Waals surface area contributed by atoms with Gasteiger partial charge in [0.1, 0.15) is 12.4 Å². The second kappa shape index (κ2) is 6.47. The van der Waals surface area contributed by atoms with Crippen molar-refractivity contribution in [2.75, 3.05) is 39.3 Å². The van der Waals surface area contributed by atoms with Crippen LogP contribution < -0.4 is 5.32 Å². The van der Waals surface area contributed by atoms with E-state index in [2.05, 4.69) is 10.2 Å². The van der Waals surface area contributed by atoms with Gasteiger partial charge >= 0.3 is 5.97 Å². The number of esters is 1. The van der Waals surface area contributed by atoms with Crippen LogP contribution in [0.3, 0.4) is 0 Å². The summed E-state index contributed by atoms with van der Waals surface area (Å²) in [6.07, 6.45) is 0. The molecule has 4 nitrogen and oxygen atoms in total. The molecule has 1 aromatic carbocycles. The molecule has 1 aliphatic rings. The molecule has 0 radical (unpaired) electrons. The fourth-order valence-corrected chi connectivity index (χ4v) is 1.90. The van der Waals surface area contributed by atoms with Gasteiger partial charge in [-0.05, 0) is 18.2 Å². The van der Waals surface area contributed by atoms with Gasteiger partial charge in [-0.3, -0.25) is 4.90 Å². The Bertz CT molecular complexity index is 406. The highest BCUT2D eigenvalue weighted by atomic mass is 19.1. The van der Waals surface area contributed by atoms with Crippen LogP contribution in [0.2, 0.25) is 0 Å². The van der Waals surface area contributed by atoms with Gasteiger partial charge in [0.15, 0.2) is 0 Å². The normalized spacial score (nSPS) is 16.5. The Labute approximate surface area is 106 Å². The lowest BCUT2D eigenvalue weighted by Gasteiger charge is -2.26. The number of carbonyl (C=O) groups is 1. The quantitative estimate of drug-likeness (QED) is 0.808. The third kappa shape index (κ3) is 3.78. The van der Waals surface area contributed by atoms with E-state index in [1.54, 1.807) is 6.07 Å². The number of piperazine rings is 1. The van der Waals surface area contributed by atoms with E-state index in [-0.39, 0.29) is 5.56 Å². The molecule has 1 heterocycles. The molecule has 1 saturated heterocycles. The molecule has 98 valence electrons. The lowest BCUT2D eigenvalue weighted by molar-refractivity contribution is 0.0455. The van der Waals surface area contributed by atoms with Crippen molar-refractivity contribution in [2.24, 2.45) is 0 Å². The van der Waals surface area contributed by atoms with Crippen molar-refractivity contribution in [3.63, 3.8) is 0 Å². The number of carbonyl (C=O) groups excluding carboxylic acids is 1. The molecule has 1 N–H and O–H groups in total. The maximum atomic E-state index is 12.9. The minimum atomic E-state index is -0.468. The van der Waals surface area contributed by atoms with E-state index in [1.807, 2.05) is 0 Å². The lowest BCUT2D eigenvalue weighted by Crippen LogP contribution is -2.44. The molecule has 1 aromatic rings. The number of halogens is 1. The number of nitrogens with one attached hydrogen (secondary N) is 1. The largest absolute Gasteiger partial charge is 0.461 e. The Morgan fingerprint density at radius 2 is 2.17 bits per heavy atom. The minimum absolute atomic E-state index is 0.260. The smallest absolute Gasteiger partial charge is 0.338 e. The third-order valence-corrected chi connectivity index (χ3v) is 2.91. The van der Waals surface area contributed by atoms with E-state index in [1.165, 1.54) is 18.2 Å². The molecule has 1 aliphatic heterocycles. The van der Waals surface area contributed by atoms with Gasteiger partial charge in [-0.2, -0.15) is 0 Å². The van der Waals surface area contributed by atoms with Crippen LogP contribution >= 0.6 is 0 Å². The van der Waals surface area contributed by atoms with Gasteiger partial charge in [0.25, 0.3) is 0 Å². The van der Waals surface area contributed by atoms with Crippen LogP contribution in [0.4, 0.5) is 4.39 Å². The number of hydrogen-bond donors (Lipinski definition) is 1. The average Bonchev–Trinajstić information content (AvgIpc) is 2.40. The second-order valence-corrected chi connectivity index (χ2v) is 4.24. The van der Waals surface area contributed by atoms with Gasteiger partial charge < -0.3 is 10.1 Å². The van der Waals surface area contributed by atoms with Crippen molar-refractivity contribution in [1.29, 1.82) is 0 Å². The molecule has 0 amide bonds. The van der Waals surface area contributed by atoms with Crippen LogP contribution in [0.25, 0.3) is 0 Å². The molecule has 1 fully saturated rings. The van der Waals surface area contributed by atoms with Crippen molar-refractivity contribution in [3.05, 3.63) is 35.6 Å². The molecule has 0 aliphatic carbocycles. The van der Waals surface area contributed by atoms with E-state index in [4.69, 9.17) is 4.74 Å². The number of rotatable bonds is 4. The number of nitrogens with zero attached hydrogens (tertiary/aromatic N) is 1. The monoisotopic (exact) mass is 252 g/mol. The zero-order valence-electron chi connectivity index (χ0n) is 10.2. The van der Waals surface area contributed by atoms with Crippen molar-refractivity contribution < 1.29 is 13.9 Å². The highest BCUT2D eigenvalue weighted by Gasteiger charge is 2.11. The van der Waals surface area contributed by atoms with Crippen molar-refractivity contribution in [2.45, 2.75) is 0 Å². The summed E-state index contributed by atoms with van der Waals surface area (Å²) in [7, 11) is 0. The molecule has 0 aromatic heterocycles. The topological polar surface area (TPSA) is 41.6 Å². The van der Waals surface area contributed by atoms with Crippen LogP contribution in [-0.2, 0) is 4.74 Å². The van der Waals surface area contributed by atoms with E-state index in [0.717, 1.165) is 32.7 Å². The maximum Gasteiger partial charge on any atom is 0.338 e. The highest BCUT2D eigenvalue weighted by Crippen LogP contribution is 2.05. The Morgan fingerprint density at radius 1 is 1.39 bits per heavy atom. The summed E-state index contributed by atoms with van der Waals surface area (Å²) < 4.78 is 18.0. The number of hydrogen-bond acceptors (Lipinski definition) is 4. The van der Waals surface area contributed by atoms with Crippen molar-refractivity contribution in [1.82, 2.24) is 10.2 Å². The van der Waals surface area contributed by atoms with Crippen LogP contribution in [-0.4, -0.2) is 50.2 Å². The highest BCUT2D eigenvalue weighted by molar-refractivity contribution is 5.89. The molecule has 0 unspecified atom stereocenters. The van der Waals surface area contributed by atoms with E-state index >= 15 is 0 Å². The first-order valence-electron chi connectivity index (χ1n) is 6.11. The summed E-state index contributed by atoms with van der Waals surface area (Å²) in [5.74, 6) is -0.892. The van der Waals surface area contributed by atoms with Gasteiger partial charge in [-0.25, -0.2) is 9.18 Å². The molecule has 0 bridgehead atoms. The van der Waals surface area contributed by atoms with Crippen LogP contribution in [0.5, 0.6) is 0 Å². The average molecular weight is 252 g/mol. The molecule has 0 saturated carbocycles. The SMILES string of the molecule is O=C(OCCN1CCNCC1)c1cccc(F)c1. The fourth-order valence-electron chi connectivity index (χ4n) is 1.90. The summed E-state index contributed by atoms with van der Waals surface area (Å²) in [5.41, 5.74) is 0.260. The van der Waals surface area contributed by atoms with Crippen LogP contribution in [0.15, 0.2) is 24.3 Å².